The van der Waals surface area contributed by atoms with Crippen molar-refractivity contribution in [1.29, 1.82) is 0 Å². The topological polar surface area (TPSA) is 22.4 Å². The summed E-state index contributed by atoms with van der Waals surface area (Å²) >= 11 is 0. The quantitative estimate of drug-likeness (QED) is 0.143. The van der Waals surface area contributed by atoms with Gasteiger partial charge in [0.25, 0.3) is 0 Å². The third-order valence-corrected chi connectivity index (χ3v) is 8.31. The van der Waals surface area contributed by atoms with E-state index in [1.807, 2.05) is 6.92 Å². The van der Waals surface area contributed by atoms with Crippen LogP contribution in [0.3, 0.4) is 0 Å². The Kier molecular flexibility index (Phi) is 8.67. The lowest BCUT2D eigenvalue weighted by Gasteiger charge is -2.28. The van der Waals surface area contributed by atoms with Gasteiger partial charge in [0.2, 0.25) is 5.82 Å². The van der Waals surface area contributed by atoms with Crippen molar-refractivity contribution in [3.63, 3.8) is 0 Å². The number of hydrogen-bond donors (Lipinski definition) is 0. The fourth-order valence-corrected chi connectivity index (χ4v) is 6.03. The molecule has 0 aliphatic heterocycles. The van der Waals surface area contributed by atoms with E-state index in [4.69, 9.17) is 9.15 Å². The largest absolute Gasteiger partial charge is 0.490 e. The summed E-state index contributed by atoms with van der Waals surface area (Å²) in [4.78, 5) is 0. The third kappa shape index (κ3) is 5.57. The van der Waals surface area contributed by atoms with E-state index in [0.29, 0.717) is 12.8 Å². The highest BCUT2D eigenvalue weighted by Gasteiger charge is 2.26. The first kappa shape index (κ1) is 28.4. The summed E-state index contributed by atoms with van der Waals surface area (Å²) in [5.41, 5.74) is -0.0523. The predicted octanol–water partition coefficient (Wildman–Crippen LogP) is 10.7. The van der Waals surface area contributed by atoms with Gasteiger partial charge in [-0.15, -0.1) is 0 Å². The van der Waals surface area contributed by atoms with Crippen LogP contribution in [0.4, 0.5) is 22.0 Å². The molecule has 0 spiro atoms. The molecule has 1 aliphatic carbocycles. The summed E-state index contributed by atoms with van der Waals surface area (Å²) in [6.07, 6.45) is 10.2. The molecule has 0 unspecified atom stereocenters. The van der Waals surface area contributed by atoms with Gasteiger partial charge in [-0.2, -0.15) is 4.39 Å². The second kappa shape index (κ2) is 12.2. The molecule has 40 heavy (non-hydrogen) atoms. The molecule has 0 bridgehead atoms. The Bertz CT molecular complexity index is 1500. The molecule has 5 rings (SSSR count). The predicted molar refractivity (Wildman–Crippen MR) is 148 cm³/mol. The highest BCUT2D eigenvalue weighted by molar-refractivity contribution is 6.07. The summed E-state index contributed by atoms with van der Waals surface area (Å²) in [5.74, 6) is -4.77. The number of aryl methyl sites for hydroxylation is 1. The van der Waals surface area contributed by atoms with Gasteiger partial charge in [-0.3, -0.25) is 0 Å². The number of ether oxygens (including phenoxy) is 1. The monoisotopic (exact) mass is 558 g/mol. The molecule has 0 atom stereocenters. The summed E-state index contributed by atoms with van der Waals surface area (Å²) < 4.78 is 86.4. The van der Waals surface area contributed by atoms with Gasteiger partial charge < -0.3 is 9.15 Å². The minimum Gasteiger partial charge on any atom is -0.490 e. The fraction of sp³-hybridized carbons (Fsp3) is 0.455. The minimum atomic E-state index is -1.27. The first-order chi connectivity index (χ1) is 19.3. The molecule has 1 aliphatic rings. The van der Waals surface area contributed by atoms with Crippen LogP contribution in [0.25, 0.3) is 33.1 Å². The summed E-state index contributed by atoms with van der Waals surface area (Å²) in [6.45, 7) is 4.32. The van der Waals surface area contributed by atoms with E-state index in [2.05, 4.69) is 6.92 Å². The van der Waals surface area contributed by atoms with Gasteiger partial charge in [0.1, 0.15) is 17.0 Å². The molecule has 0 radical (unpaired) electrons. The summed E-state index contributed by atoms with van der Waals surface area (Å²) in [6, 6.07) is 6.39. The van der Waals surface area contributed by atoms with Crippen LogP contribution >= 0.6 is 0 Å². The van der Waals surface area contributed by atoms with Gasteiger partial charge in [0.05, 0.1) is 17.4 Å². The molecule has 1 saturated carbocycles. The van der Waals surface area contributed by atoms with Crippen molar-refractivity contribution in [2.75, 3.05) is 6.61 Å². The zero-order valence-corrected chi connectivity index (χ0v) is 23.0. The van der Waals surface area contributed by atoms with Gasteiger partial charge in [0, 0.05) is 11.6 Å². The molecule has 4 aromatic rings. The van der Waals surface area contributed by atoms with E-state index in [0.717, 1.165) is 37.7 Å². The second-order valence-electron chi connectivity index (χ2n) is 11.2. The number of unbranched alkanes of at least 4 members (excludes halogenated alkanes) is 2. The van der Waals surface area contributed by atoms with E-state index in [1.54, 1.807) is 0 Å². The Hall–Kier alpha value is -3.09. The van der Waals surface area contributed by atoms with Crippen LogP contribution in [0, 0.1) is 40.9 Å². The van der Waals surface area contributed by atoms with E-state index in [1.165, 1.54) is 49.9 Å². The maximum Gasteiger partial charge on any atom is 0.201 e. The average molecular weight is 559 g/mol. The molecule has 1 fully saturated rings. The molecule has 0 amide bonds. The van der Waals surface area contributed by atoms with E-state index >= 15 is 13.2 Å². The van der Waals surface area contributed by atoms with E-state index < -0.39 is 29.1 Å². The third-order valence-electron chi connectivity index (χ3n) is 8.31. The molecule has 0 N–H and O–H groups in total. The number of furan rings is 1. The van der Waals surface area contributed by atoms with Crippen LogP contribution in [-0.2, 0) is 6.42 Å². The summed E-state index contributed by atoms with van der Waals surface area (Å²) in [7, 11) is 0. The lowest BCUT2D eigenvalue weighted by Crippen LogP contribution is -2.20. The van der Waals surface area contributed by atoms with E-state index in [-0.39, 0.29) is 56.9 Å². The van der Waals surface area contributed by atoms with Crippen LogP contribution in [0.2, 0.25) is 0 Å². The smallest absolute Gasteiger partial charge is 0.201 e. The van der Waals surface area contributed by atoms with Crippen molar-refractivity contribution < 1.29 is 31.1 Å². The van der Waals surface area contributed by atoms with Gasteiger partial charge in [-0.25, -0.2) is 17.6 Å². The summed E-state index contributed by atoms with van der Waals surface area (Å²) in [5, 5.41) is -0.604. The number of fused-ring (bicyclic) bond motifs is 3. The number of benzene rings is 3. The Balaban J connectivity index is 1.39. The Labute approximate surface area is 231 Å². The van der Waals surface area contributed by atoms with Gasteiger partial charge >= 0.3 is 0 Å². The van der Waals surface area contributed by atoms with Crippen LogP contribution < -0.4 is 4.74 Å². The van der Waals surface area contributed by atoms with Gasteiger partial charge in [-0.1, -0.05) is 70.9 Å². The van der Waals surface area contributed by atoms with Gasteiger partial charge in [0.15, 0.2) is 23.2 Å². The van der Waals surface area contributed by atoms with Crippen molar-refractivity contribution in [2.45, 2.75) is 78.1 Å². The molecule has 1 heterocycles. The maximum atomic E-state index is 15.3. The van der Waals surface area contributed by atoms with Crippen molar-refractivity contribution >= 4 is 21.9 Å². The van der Waals surface area contributed by atoms with Crippen LogP contribution in [-0.4, -0.2) is 6.61 Å². The first-order valence-electron chi connectivity index (χ1n) is 14.5. The molecule has 7 heteroatoms. The highest BCUT2D eigenvalue weighted by Crippen LogP contribution is 2.40. The van der Waals surface area contributed by atoms with Crippen molar-refractivity contribution in [1.82, 2.24) is 0 Å². The molecular formula is C33H35F5O2. The molecule has 1 aromatic heterocycles. The van der Waals surface area contributed by atoms with Crippen molar-refractivity contribution in [2.24, 2.45) is 11.8 Å². The van der Waals surface area contributed by atoms with Crippen LogP contribution in [0.5, 0.6) is 5.75 Å². The van der Waals surface area contributed by atoms with E-state index in [9.17, 15) is 8.78 Å². The zero-order chi connectivity index (χ0) is 28.4. The number of rotatable bonds is 10. The Morgan fingerprint density at radius 2 is 1.48 bits per heavy atom. The normalized spacial score (nSPS) is 17.7. The molecule has 2 nitrogen and oxygen atoms in total. The van der Waals surface area contributed by atoms with Crippen LogP contribution in [0.15, 0.2) is 34.7 Å². The van der Waals surface area contributed by atoms with Crippen LogP contribution in [0.1, 0.15) is 77.2 Å². The Morgan fingerprint density at radius 3 is 2.20 bits per heavy atom. The second-order valence-corrected chi connectivity index (χ2v) is 11.2. The maximum absolute atomic E-state index is 15.3. The van der Waals surface area contributed by atoms with Crippen molar-refractivity contribution in [3.8, 4) is 16.9 Å². The van der Waals surface area contributed by atoms with Crippen molar-refractivity contribution in [3.05, 3.63) is 65.0 Å². The standard InChI is InChI=1S/C33H35F5O2/c1-3-5-6-8-19-9-11-20(12-10-19)18-39-27-17-26-29(33(38)32(27)37)28-24(34)15-22(16-25(28)40-26)23-14-13-21(7-4-2)30(35)31(23)36/h13-17,19-20H,3-12,18H2,1-2H3. The highest BCUT2D eigenvalue weighted by atomic mass is 19.2. The molecular weight excluding hydrogens is 523 g/mol. The molecule has 0 saturated heterocycles. The van der Waals surface area contributed by atoms with Gasteiger partial charge in [-0.05, 0) is 54.4 Å². The molecule has 214 valence electrons. The zero-order valence-electron chi connectivity index (χ0n) is 23.0. The molecule has 3 aromatic carbocycles. The lowest BCUT2D eigenvalue weighted by molar-refractivity contribution is 0.172. The fourth-order valence-electron chi connectivity index (χ4n) is 6.03. The number of halogens is 5. The average Bonchev–Trinajstić information content (AvgIpc) is 3.32. The number of hydrogen-bond acceptors (Lipinski definition) is 2. The first-order valence-corrected chi connectivity index (χ1v) is 14.5. The SMILES string of the molecule is CCCCCC1CCC(COc2cc3oc4cc(-c5ccc(CCC)c(F)c5F)cc(F)c4c3c(F)c2F)CC1. The lowest BCUT2D eigenvalue weighted by atomic mass is 9.80. The Morgan fingerprint density at radius 1 is 0.750 bits per heavy atom. The minimum absolute atomic E-state index is 0.0335.